The minimum absolute atomic E-state index is 0.836. The predicted molar refractivity (Wildman–Crippen MR) is 550 cm³/mol. The van der Waals surface area contributed by atoms with E-state index in [1.165, 1.54) is 22.3 Å². The van der Waals surface area contributed by atoms with Gasteiger partial charge < -0.3 is 47.1 Å². The number of nitrogens with zero attached hydrogens (tertiary/aromatic N) is 6. The van der Waals surface area contributed by atoms with Gasteiger partial charge in [0.25, 0.3) is 0 Å². The zero-order valence-electron chi connectivity index (χ0n) is 72.5. The van der Waals surface area contributed by atoms with Gasteiger partial charge >= 0.3 is 0 Å². The van der Waals surface area contributed by atoms with E-state index in [0.717, 1.165) is 201 Å². The number of fused-ring (bicyclic) bond motifs is 12. The quantitative estimate of drug-likeness (QED) is 0.0737. The molecule has 24 aromatic rings. The molecule has 0 spiro atoms. The van der Waals surface area contributed by atoms with Crippen molar-refractivity contribution in [3.8, 4) is 22.3 Å². The van der Waals surface area contributed by atoms with Crippen molar-refractivity contribution in [2.24, 2.45) is 0 Å². The number of hydrogen-bond acceptors (Lipinski definition) is 10. The molecule has 0 radical (unpaired) electrons. The van der Waals surface area contributed by atoms with Gasteiger partial charge in [0.05, 0.1) is 0 Å². The molecule has 20 aromatic carbocycles. The molecule has 628 valence electrons. The molecule has 4 heterocycles. The lowest BCUT2D eigenvalue weighted by molar-refractivity contribution is 0.668. The van der Waals surface area contributed by atoms with Gasteiger partial charge in [-0.05, 0) is 302 Å². The highest BCUT2D eigenvalue weighted by atomic mass is 16.3. The van der Waals surface area contributed by atoms with Gasteiger partial charge in [-0.1, -0.05) is 231 Å². The summed E-state index contributed by atoms with van der Waals surface area (Å²) in [6.07, 6.45) is 0. The summed E-state index contributed by atoms with van der Waals surface area (Å²) in [7, 11) is 0. The summed E-state index contributed by atoms with van der Waals surface area (Å²) in [6.45, 7) is 4.44. The van der Waals surface area contributed by atoms with Gasteiger partial charge in [0, 0.05) is 145 Å². The zero-order chi connectivity index (χ0) is 88.0. The first kappa shape index (κ1) is 79.1. The summed E-state index contributed by atoms with van der Waals surface area (Å²) in [5, 5.41) is 8.46. The fraction of sp³-hybridized carbons (Fsp3) is 0.0164. The lowest BCUT2D eigenvalue weighted by atomic mass is 10.0. The van der Waals surface area contributed by atoms with Crippen molar-refractivity contribution in [2.75, 3.05) is 29.4 Å². The number of benzene rings is 20. The Bertz CT molecular complexity index is 7740. The van der Waals surface area contributed by atoms with Crippen LogP contribution in [-0.2, 0) is 0 Å². The zero-order valence-corrected chi connectivity index (χ0v) is 72.5. The van der Waals surface area contributed by atoms with Gasteiger partial charge in [0.1, 0.15) is 44.7 Å². The summed E-state index contributed by atoms with van der Waals surface area (Å²) in [5.41, 5.74) is 32.8. The Morgan fingerprint density at radius 2 is 0.303 bits per heavy atom. The van der Waals surface area contributed by atoms with Gasteiger partial charge in [-0.15, -0.1) is 0 Å². The first-order chi connectivity index (χ1) is 65.3. The summed E-state index contributed by atoms with van der Waals surface area (Å²) < 4.78 is 26.3. The summed E-state index contributed by atoms with van der Waals surface area (Å²) in [4.78, 5) is 13.9. The second-order valence-corrected chi connectivity index (χ2v) is 33.2. The highest BCUT2D eigenvalue weighted by molar-refractivity contribution is 6.14. The number of hydrogen-bond donors (Lipinski definition) is 0. The van der Waals surface area contributed by atoms with Gasteiger partial charge in [0.2, 0.25) is 0 Å². The molecular formula is C122H86N6O4. The van der Waals surface area contributed by atoms with Crippen LogP contribution in [0.1, 0.15) is 11.1 Å². The van der Waals surface area contributed by atoms with Crippen LogP contribution in [0.3, 0.4) is 0 Å². The van der Waals surface area contributed by atoms with Gasteiger partial charge in [-0.2, -0.15) is 0 Å². The minimum atomic E-state index is 0.836. The third-order valence-corrected chi connectivity index (χ3v) is 25.2. The fourth-order valence-corrected chi connectivity index (χ4v) is 19.0. The van der Waals surface area contributed by atoms with Gasteiger partial charge in [-0.3, -0.25) is 0 Å². The summed E-state index contributed by atoms with van der Waals surface area (Å²) >= 11 is 0. The van der Waals surface area contributed by atoms with Gasteiger partial charge in [0.15, 0.2) is 0 Å². The van der Waals surface area contributed by atoms with Crippen LogP contribution in [0.25, 0.3) is 110 Å². The maximum atomic E-state index is 6.67. The molecule has 0 aliphatic heterocycles. The average Bonchev–Trinajstić information content (AvgIpc) is 1.64. The lowest BCUT2D eigenvalue weighted by Crippen LogP contribution is -2.11. The monoisotopic (exact) mass is 1700 g/mol. The van der Waals surface area contributed by atoms with Crippen molar-refractivity contribution in [1.29, 1.82) is 0 Å². The van der Waals surface area contributed by atoms with Crippen LogP contribution in [0.2, 0.25) is 0 Å². The molecule has 0 aliphatic carbocycles. The molecule has 0 amide bonds. The molecule has 0 unspecified atom stereocenters. The highest BCUT2D eigenvalue weighted by Crippen LogP contribution is 2.51. The number of aryl methyl sites for hydroxylation is 2. The maximum Gasteiger partial charge on any atom is 0.135 e. The van der Waals surface area contributed by atoms with Gasteiger partial charge in [-0.25, -0.2) is 0 Å². The summed E-state index contributed by atoms with van der Waals surface area (Å²) in [6, 6.07) is 171. The fourth-order valence-electron chi connectivity index (χ4n) is 19.0. The molecule has 0 aliphatic rings. The molecule has 0 N–H and O–H groups in total. The van der Waals surface area contributed by atoms with Crippen molar-refractivity contribution in [3.63, 3.8) is 0 Å². The normalized spacial score (nSPS) is 11.4. The number of anilines is 18. The SMILES string of the molecule is Cc1c(N(c2ccccc2)c2ccc(-c3ccccc3)cc2)ccc2oc3ccc(N(c4ccccc4)c4ccc5oc6ccc(N(c7ccccc7)c7ccc(-c8ccccc8)cc7)c(C)c6c5c4)cc3c12.c1ccc(N(c2ccccc2)c2ccc3oc4ccc(N(c5ccccc5)c5ccc6oc7ccc(N(c8ccccc8)c8ccccc8)cc7c6c5)cc4c3c2)cc1. The molecule has 0 saturated heterocycles. The van der Waals surface area contributed by atoms with Crippen LogP contribution in [0.5, 0.6) is 0 Å². The van der Waals surface area contributed by atoms with Crippen molar-refractivity contribution < 1.29 is 17.7 Å². The molecule has 0 fully saturated rings. The third-order valence-electron chi connectivity index (χ3n) is 25.2. The lowest BCUT2D eigenvalue weighted by Gasteiger charge is -2.28. The van der Waals surface area contributed by atoms with Crippen molar-refractivity contribution in [2.45, 2.75) is 13.8 Å². The van der Waals surface area contributed by atoms with Crippen molar-refractivity contribution in [3.05, 3.63) is 496 Å². The standard InChI is InChI=1S/C68H49N3O2.C54H37N3O2/c1-46-61(70(53-24-14-6-15-25-53)55-32-28-50(29-33-55)48-18-8-3-9-19-48)38-42-65-67(46)59-44-57(36-40-63(59)72-65)69(52-22-12-5-13-23-52)58-37-41-64-60(45-58)68-47(2)62(39-43-66(68)73-64)71(54-26-16-7-17-27-54)56-34-30-51(31-35-56)49-20-10-4-11-21-49;1-6-16-38(17-7-1)55(39-18-8-2-9-19-39)43-26-30-51-47(34-43)49-36-45(28-32-53(49)58-51)57(42-24-14-5-15-25-42)46-29-33-54-50(37-46)48-35-44(27-31-52(48)59-54)56(40-20-10-3-11-21-40)41-22-12-4-13-23-41/h3-45H,1-2H3;1-37H. The Kier molecular flexibility index (Phi) is 20.5. The molecule has 24 rings (SSSR count). The topological polar surface area (TPSA) is 72.0 Å². The first-order valence-corrected chi connectivity index (χ1v) is 44.7. The van der Waals surface area contributed by atoms with E-state index < -0.39 is 0 Å². The van der Waals surface area contributed by atoms with Crippen molar-refractivity contribution in [1.82, 2.24) is 0 Å². The largest absolute Gasteiger partial charge is 0.456 e. The maximum absolute atomic E-state index is 6.67. The Labute approximate surface area is 764 Å². The van der Waals surface area contributed by atoms with E-state index in [0.29, 0.717) is 0 Å². The molecular weight excluding hydrogens is 1610 g/mol. The van der Waals surface area contributed by atoms with Crippen LogP contribution in [0, 0.1) is 13.8 Å². The molecule has 10 nitrogen and oxygen atoms in total. The van der Waals surface area contributed by atoms with E-state index in [1.807, 2.05) is 0 Å². The van der Waals surface area contributed by atoms with E-state index in [-0.39, 0.29) is 0 Å². The average molecular weight is 1700 g/mol. The first-order valence-electron chi connectivity index (χ1n) is 44.7. The van der Waals surface area contributed by atoms with Crippen LogP contribution >= 0.6 is 0 Å². The minimum Gasteiger partial charge on any atom is -0.456 e. The molecule has 0 atom stereocenters. The molecule has 132 heavy (non-hydrogen) atoms. The number of rotatable bonds is 20. The Morgan fingerprint density at radius 1 is 0.136 bits per heavy atom. The van der Waals surface area contributed by atoms with Crippen LogP contribution in [0.15, 0.2) is 503 Å². The van der Waals surface area contributed by atoms with Crippen LogP contribution in [0.4, 0.5) is 102 Å². The molecule has 4 aromatic heterocycles. The predicted octanol–water partition coefficient (Wildman–Crippen LogP) is 35.7. The second-order valence-electron chi connectivity index (χ2n) is 33.2. The Hall–Kier alpha value is -17.6. The van der Waals surface area contributed by atoms with E-state index >= 15 is 0 Å². The third kappa shape index (κ3) is 14.9. The Morgan fingerprint density at radius 3 is 0.545 bits per heavy atom. The van der Waals surface area contributed by atoms with Crippen molar-refractivity contribution >= 4 is 190 Å². The molecule has 10 heteroatoms. The van der Waals surface area contributed by atoms with Crippen LogP contribution in [-0.4, -0.2) is 0 Å². The van der Waals surface area contributed by atoms with E-state index in [4.69, 9.17) is 17.7 Å². The second kappa shape index (κ2) is 34.3. The van der Waals surface area contributed by atoms with Crippen LogP contribution < -0.4 is 29.4 Å². The molecule has 0 saturated carbocycles. The highest BCUT2D eigenvalue weighted by Gasteiger charge is 2.27. The van der Waals surface area contributed by atoms with E-state index in [9.17, 15) is 0 Å². The Balaban J connectivity index is 0.000000153. The number of furan rings is 4. The van der Waals surface area contributed by atoms with E-state index in [1.54, 1.807) is 0 Å². The number of para-hydroxylation sites is 8. The smallest absolute Gasteiger partial charge is 0.135 e. The summed E-state index contributed by atoms with van der Waals surface area (Å²) in [5.74, 6) is 0. The molecule has 0 bridgehead atoms. The van der Waals surface area contributed by atoms with E-state index in [2.05, 4.69) is 529 Å².